The first-order valence-electron chi connectivity index (χ1n) is 6.44. The van der Waals surface area contributed by atoms with Crippen molar-refractivity contribution >= 4 is 11.6 Å². The lowest BCUT2D eigenvalue weighted by Crippen LogP contribution is -2.15. The van der Waals surface area contributed by atoms with Crippen molar-refractivity contribution in [2.75, 3.05) is 6.61 Å². The number of hydrogen-bond acceptors (Lipinski definition) is 4. The predicted octanol–water partition coefficient (Wildman–Crippen LogP) is 3.42. The zero-order valence-electron chi connectivity index (χ0n) is 11.4. The summed E-state index contributed by atoms with van der Waals surface area (Å²) in [4.78, 5) is 9.18. The fourth-order valence-corrected chi connectivity index (χ4v) is 1.92. The summed E-state index contributed by atoms with van der Waals surface area (Å²) in [6.07, 6.45) is 3.62. The molecule has 0 saturated carbocycles. The largest absolute Gasteiger partial charge is 0.333 e. The Hall–Kier alpha value is -1.57. The van der Waals surface area contributed by atoms with E-state index in [0.29, 0.717) is 34.2 Å². The minimum absolute atomic E-state index is 0.319. The topological polar surface area (TPSA) is 52.0 Å². The Morgan fingerprint density at radius 3 is 2.95 bits per heavy atom. The Kier molecular flexibility index (Phi) is 5.60. The third-order valence-corrected chi connectivity index (χ3v) is 2.92. The number of nitrogens with zero attached hydrogens (tertiary/aromatic N) is 3. The average molecular weight is 317 g/mol. The van der Waals surface area contributed by atoms with Gasteiger partial charge in [-0.15, -0.1) is 0 Å². The van der Waals surface area contributed by atoms with Gasteiger partial charge in [-0.3, -0.25) is 0 Å². The van der Waals surface area contributed by atoms with Crippen LogP contribution in [0.3, 0.4) is 0 Å². The summed E-state index contributed by atoms with van der Waals surface area (Å²) in [6.45, 7) is 0.272. The van der Waals surface area contributed by atoms with Crippen LogP contribution in [0, 0.1) is 0 Å². The quantitative estimate of drug-likeness (QED) is 0.483. The Morgan fingerprint density at radius 1 is 1.48 bits per heavy atom. The highest BCUT2D eigenvalue weighted by Gasteiger charge is 2.13. The summed E-state index contributed by atoms with van der Waals surface area (Å²) in [5.41, 5.74) is 4.61. The van der Waals surface area contributed by atoms with E-state index in [4.69, 9.17) is 16.4 Å². The normalized spacial score (nSPS) is 11.3. The summed E-state index contributed by atoms with van der Waals surface area (Å²) in [7, 11) is 0. The van der Waals surface area contributed by atoms with Gasteiger partial charge in [0.25, 0.3) is 0 Å². The zero-order chi connectivity index (χ0) is 15.2. The van der Waals surface area contributed by atoms with Crippen LogP contribution in [-0.2, 0) is 11.4 Å². The monoisotopic (exact) mass is 316 g/mol. The smallest absolute Gasteiger partial charge is 0.301 e. The van der Waals surface area contributed by atoms with Crippen molar-refractivity contribution in [3.63, 3.8) is 0 Å². The van der Waals surface area contributed by atoms with Crippen LogP contribution in [0.4, 0.5) is 8.78 Å². The number of pyridine rings is 1. The number of alkyl halides is 2. The molecule has 5 nitrogen and oxygen atoms in total. The van der Waals surface area contributed by atoms with E-state index in [-0.39, 0.29) is 0 Å². The van der Waals surface area contributed by atoms with Gasteiger partial charge in [-0.05, 0) is 24.1 Å². The number of hydrogen-bond donors (Lipinski definition) is 1. The average Bonchev–Trinajstić information content (AvgIpc) is 2.93. The van der Waals surface area contributed by atoms with Gasteiger partial charge in [0.15, 0.2) is 0 Å². The fraction of sp³-hybridized carbons (Fsp3) is 0.385. The third-order valence-electron chi connectivity index (χ3n) is 2.71. The maximum atomic E-state index is 12.6. The lowest BCUT2D eigenvalue weighted by molar-refractivity contribution is 0.0371. The van der Waals surface area contributed by atoms with Gasteiger partial charge in [-0.1, -0.05) is 18.5 Å². The van der Waals surface area contributed by atoms with E-state index in [9.17, 15) is 8.78 Å². The van der Waals surface area contributed by atoms with Crippen LogP contribution in [0.1, 0.15) is 25.5 Å². The van der Waals surface area contributed by atoms with E-state index < -0.39 is 6.55 Å². The van der Waals surface area contributed by atoms with Crippen LogP contribution < -0.4 is 5.48 Å². The molecule has 0 aliphatic heterocycles. The molecule has 2 aromatic heterocycles. The molecule has 0 aliphatic rings. The van der Waals surface area contributed by atoms with Gasteiger partial charge in [0.2, 0.25) is 0 Å². The van der Waals surface area contributed by atoms with Gasteiger partial charge in [0, 0.05) is 24.5 Å². The number of halogens is 3. The van der Waals surface area contributed by atoms with Crippen molar-refractivity contribution in [3.8, 4) is 11.3 Å². The first kappa shape index (κ1) is 15.8. The molecule has 0 aromatic carbocycles. The van der Waals surface area contributed by atoms with Crippen molar-refractivity contribution in [2.24, 2.45) is 0 Å². The van der Waals surface area contributed by atoms with Gasteiger partial charge < -0.3 is 4.84 Å². The summed E-state index contributed by atoms with van der Waals surface area (Å²) in [5.74, 6) is 0. The van der Waals surface area contributed by atoms with Crippen molar-refractivity contribution in [3.05, 3.63) is 35.2 Å². The van der Waals surface area contributed by atoms with Crippen LogP contribution in [0.2, 0.25) is 5.15 Å². The minimum atomic E-state index is -2.67. The van der Waals surface area contributed by atoms with Crippen molar-refractivity contribution in [2.45, 2.75) is 26.4 Å². The van der Waals surface area contributed by atoms with Crippen LogP contribution in [0.25, 0.3) is 11.3 Å². The molecule has 0 atom stereocenters. The van der Waals surface area contributed by atoms with Crippen molar-refractivity contribution < 1.29 is 13.6 Å². The first-order chi connectivity index (χ1) is 10.1. The number of hydroxylamine groups is 1. The highest BCUT2D eigenvalue weighted by molar-refractivity contribution is 6.29. The minimum Gasteiger partial charge on any atom is -0.301 e. The molecular weight excluding hydrogens is 302 g/mol. The Balaban J connectivity index is 2.20. The second-order valence-corrected chi connectivity index (χ2v) is 4.68. The zero-order valence-corrected chi connectivity index (χ0v) is 12.1. The molecule has 0 saturated heterocycles. The molecule has 2 aromatic rings. The number of nitrogens with one attached hydrogen (secondary N) is 1. The second-order valence-electron chi connectivity index (χ2n) is 4.29. The fourth-order valence-electron chi connectivity index (χ4n) is 1.74. The van der Waals surface area contributed by atoms with Crippen LogP contribution in [0.5, 0.6) is 0 Å². The molecule has 2 rings (SSSR count). The van der Waals surface area contributed by atoms with E-state index in [0.717, 1.165) is 12.0 Å². The molecular formula is C13H15ClF2N4O. The summed E-state index contributed by atoms with van der Waals surface area (Å²) < 4.78 is 25.8. The van der Waals surface area contributed by atoms with E-state index in [1.54, 1.807) is 6.07 Å². The van der Waals surface area contributed by atoms with Gasteiger partial charge >= 0.3 is 6.55 Å². The van der Waals surface area contributed by atoms with Crippen LogP contribution in [0.15, 0.2) is 24.5 Å². The number of aromatic nitrogens is 3. The highest BCUT2D eigenvalue weighted by atomic mass is 35.5. The molecule has 0 fully saturated rings. The Bertz CT molecular complexity index is 591. The van der Waals surface area contributed by atoms with Crippen molar-refractivity contribution in [1.82, 2.24) is 20.2 Å². The lowest BCUT2D eigenvalue weighted by atomic mass is 10.1. The molecule has 8 heteroatoms. The van der Waals surface area contributed by atoms with Gasteiger partial charge in [0.1, 0.15) is 5.15 Å². The molecule has 2 heterocycles. The van der Waals surface area contributed by atoms with E-state index in [2.05, 4.69) is 15.6 Å². The summed E-state index contributed by atoms with van der Waals surface area (Å²) >= 11 is 5.87. The van der Waals surface area contributed by atoms with E-state index >= 15 is 0 Å². The molecule has 114 valence electrons. The third kappa shape index (κ3) is 4.20. The Morgan fingerprint density at radius 2 is 2.29 bits per heavy atom. The van der Waals surface area contributed by atoms with Crippen LogP contribution in [-0.4, -0.2) is 21.4 Å². The summed E-state index contributed by atoms with van der Waals surface area (Å²) in [5, 5.41) is 4.15. The predicted molar refractivity (Wildman–Crippen MR) is 74.8 cm³/mol. The van der Waals surface area contributed by atoms with Crippen molar-refractivity contribution in [1.29, 1.82) is 0 Å². The standard InChI is InChI=1S/C13H15ClF2N4O/c1-2-5-21-18-7-9-6-12(14)17-8-10(9)11-3-4-20(19-11)13(15)16/h3-4,6,8,13,18H,2,5,7H2,1H3. The molecule has 0 aliphatic carbocycles. The Labute approximate surface area is 125 Å². The van der Waals surface area contributed by atoms with E-state index in [1.165, 1.54) is 18.5 Å². The second kappa shape index (κ2) is 7.44. The molecule has 0 amide bonds. The van der Waals surface area contributed by atoms with Crippen LogP contribution >= 0.6 is 11.6 Å². The van der Waals surface area contributed by atoms with Gasteiger partial charge in [0.05, 0.1) is 12.3 Å². The maximum Gasteiger partial charge on any atom is 0.333 e. The lowest BCUT2D eigenvalue weighted by Gasteiger charge is -2.09. The molecule has 21 heavy (non-hydrogen) atoms. The molecule has 0 bridgehead atoms. The SMILES string of the molecule is CCCONCc1cc(Cl)ncc1-c1ccn(C(F)F)n1. The maximum absolute atomic E-state index is 12.6. The van der Waals surface area contributed by atoms with E-state index in [1.807, 2.05) is 6.92 Å². The molecule has 0 spiro atoms. The first-order valence-corrected chi connectivity index (χ1v) is 6.82. The summed E-state index contributed by atoms with van der Waals surface area (Å²) in [6, 6.07) is 3.16. The molecule has 1 N–H and O–H groups in total. The number of rotatable bonds is 7. The van der Waals surface area contributed by atoms with Gasteiger partial charge in [-0.25, -0.2) is 9.67 Å². The molecule has 0 radical (unpaired) electrons. The molecule has 0 unspecified atom stereocenters. The van der Waals surface area contributed by atoms with Gasteiger partial charge in [-0.2, -0.15) is 19.4 Å². The highest BCUT2D eigenvalue weighted by Crippen LogP contribution is 2.24.